The molecule has 0 saturated heterocycles. The fraction of sp³-hybridized carbons (Fsp3) is 0.357. The highest BCUT2D eigenvalue weighted by atomic mass is 35.5. The minimum Gasteiger partial charge on any atom is -0.480 e. The molecule has 2 aromatic rings. The quantitative estimate of drug-likeness (QED) is 0.789. The van der Waals surface area contributed by atoms with Crippen molar-refractivity contribution in [2.24, 2.45) is 5.92 Å². The number of benzene rings is 1. The Morgan fingerprint density at radius 3 is 2.68 bits per heavy atom. The summed E-state index contributed by atoms with van der Waals surface area (Å²) in [4.78, 5) is 14.3. The Hall–Kier alpha value is -1.52. The summed E-state index contributed by atoms with van der Waals surface area (Å²) in [6, 6.07) is 7.16. The summed E-state index contributed by atoms with van der Waals surface area (Å²) in [5, 5.41) is 13.8. The van der Waals surface area contributed by atoms with E-state index in [0.29, 0.717) is 11.6 Å². The zero-order valence-electron chi connectivity index (χ0n) is 10.9. The summed E-state index contributed by atoms with van der Waals surface area (Å²) in [6.07, 6.45) is 0. The van der Waals surface area contributed by atoms with Gasteiger partial charge in [-0.25, -0.2) is 0 Å². The topological polar surface area (TPSA) is 65.1 Å². The van der Waals surface area contributed by atoms with Crippen molar-refractivity contribution in [3.05, 3.63) is 35.0 Å². The number of aliphatic carboxylic acids is 1. The van der Waals surface area contributed by atoms with Crippen LogP contribution in [0.4, 0.5) is 0 Å². The lowest BCUT2D eigenvalue weighted by Gasteiger charge is -2.17. The van der Waals surface area contributed by atoms with Crippen LogP contribution in [0.5, 0.6) is 0 Å². The number of hydrogen-bond donors (Lipinski definition) is 3. The van der Waals surface area contributed by atoms with Crippen molar-refractivity contribution < 1.29 is 9.90 Å². The first-order chi connectivity index (χ1) is 9.00. The highest BCUT2D eigenvalue weighted by molar-refractivity contribution is 6.36. The largest absolute Gasteiger partial charge is 0.480 e. The van der Waals surface area contributed by atoms with E-state index >= 15 is 0 Å². The maximum atomic E-state index is 11.1. The summed E-state index contributed by atoms with van der Waals surface area (Å²) < 4.78 is 0. The summed E-state index contributed by atoms with van der Waals surface area (Å²) >= 11 is 6.28. The third kappa shape index (κ3) is 2.91. The SMILES string of the molecule is CC(C)C(NCc1[nH]c2ccccc2c1Cl)C(=O)O. The van der Waals surface area contributed by atoms with Gasteiger partial charge in [-0.3, -0.25) is 10.1 Å². The molecule has 5 heteroatoms. The first-order valence-corrected chi connectivity index (χ1v) is 6.59. The molecule has 1 heterocycles. The van der Waals surface area contributed by atoms with Gasteiger partial charge in [0.1, 0.15) is 6.04 Å². The van der Waals surface area contributed by atoms with Gasteiger partial charge in [-0.2, -0.15) is 0 Å². The summed E-state index contributed by atoms with van der Waals surface area (Å²) in [6.45, 7) is 4.15. The first kappa shape index (κ1) is 13.9. The molecule has 19 heavy (non-hydrogen) atoms. The van der Waals surface area contributed by atoms with Crippen LogP contribution in [0.1, 0.15) is 19.5 Å². The van der Waals surface area contributed by atoms with E-state index in [9.17, 15) is 4.79 Å². The van der Waals surface area contributed by atoms with Crippen LogP contribution in [-0.2, 0) is 11.3 Å². The van der Waals surface area contributed by atoms with E-state index in [1.165, 1.54) is 0 Å². The lowest BCUT2D eigenvalue weighted by Crippen LogP contribution is -2.40. The van der Waals surface area contributed by atoms with Crippen LogP contribution in [0.15, 0.2) is 24.3 Å². The van der Waals surface area contributed by atoms with Crippen molar-refractivity contribution in [1.82, 2.24) is 10.3 Å². The van der Waals surface area contributed by atoms with Crippen LogP contribution in [0.25, 0.3) is 10.9 Å². The number of hydrogen-bond acceptors (Lipinski definition) is 2. The number of aromatic nitrogens is 1. The van der Waals surface area contributed by atoms with E-state index in [2.05, 4.69) is 10.3 Å². The van der Waals surface area contributed by atoms with Gasteiger partial charge >= 0.3 is 5.97 Å². The van der Waals surface area contributed by atoms with Gasteiger partial charge in [0.2, 0.25) is 0 Å². The highest BCUT2D eigenvalue weighted by Gasteiger charge is 2.21. The fourth-order valence-electron chi connectivity index (χ4n) is 2.11. The molecular weight excluding hydrogens is 264 g/mol. The second kappa shape index (κ2) is 5.63. The Kier molecular flexibility index (Phi) is 4.12. The van der Waals surface area contributed by atoms with Crippen LogP contribution in [-0.4, -0.2) is 22.1 Å². The van der Waals surface area contributed by atoms with Crippen molar-refractivity contribution in [3.63, 3.8) is 0 Å². The zero-order chi connectivity index (χ0) is 14.0. The second-order valence-corrected chi connectivity index (χ2v) is 5.28. The van der Waals surface area contributed by atoms with Crippen molar-refractivity contribution in [2.45, 2.75) is 26.4 Å². The molecule has 0 spiro atoms. The summed E-state index contributed by atoms with van der Waals surface area (Å²) in [7, 11) is 0. The third-order valence-corrected chi connectivity index (χ3v) is 3.58. The Bertz CT molecular complexity index is 592. The highest BCUT2D eigenvalue weighted by Crippen LogP contribution is 2.27. The molecule has 0 saturated carbocycles. The Balaban J connectivity index is 2.17. The van der Waals surface area contributed by atoms with Gasteiger partial charge in [-0.1, -0.05) is 43.6 Å². The molecule has 0 radical (unpaired) electrons. The molecule has 0 amide bonds. The summed E-state index contributed by atoms with van der Waals surface area (Å²) in [5.41, 5.74) is 1.77. The van der Waals surface area contributed by atoms with Gasteiger partial charge in [-0.05, 0) is 12.0 Å². The standard InChI is InChI=1S/C14H17ClN2O2/c1-8(2)13(14(18)19)16-7-11-12(15)9-5-3-4-6-10(9)17-11/h3-6,8,13,16-17H,7H2,1-2H3,(H,18,19). The van der Waals surface area contributed by atoms with Gasteiger partial charge < -0.3 is 10.1 Å². The monoisotopic (exact) mass is 280 g/mol. The number of aromatic amines is 1. The van der Waals surface area contributed by atoms with E-state index in [0.717, 1.165) is 16.6 Å². The van der Waals surface area contributed by atoms with E-state index in [-0.39, 0.29) is 5.92 Å². The minimum absolute atomic E-state index is 0.0145. The minimum atomic E-state index is -0.845. The Morgan fingerprint density at radius 2 is 2.11 bits per heavy atom. The molecule has 0 aliphatic heterocycles. The average Bonchev–Trinajstić information content (AvgIpc) is 2.66. The molecule has 1 aromatic carbocycles. The molecule has 102 valence electrons. The number of H-pyrrole nitrogens is 1. The van der Waals surface area contributed by atoms with Crippen molar-refractivity contribution in [1.29, 1.82) is 0 Å². The number of halogens is 1. The van der Waals surface area contributed by atoms with E-state index in [4.69, 9.17) is 16.7 Å². The number of fused-ring (bicyclic) bond motifs is 1. The second-order valence-electron chi connectivity index (χ2n) is 4.90. The molecule has 1 unspecified atom stereocenters. The molecule has 3 N–H and O–H groups in total. The molecule has 4 nitrogen and oxygen atoms in total. The predicted molar refractivity (Wildman–Crippen MR) is 76.4 cm³/mol. The average molecular weight is 281 g/mol. The van der Waals surface area contributed by atoms with Crippen molar-refractivity contribution in [2.75, 3.05) is 0 Å². The molecule has 0 fully saturated rings. The normalized spacial score (nSPS) is 13.1. The number of carboxylic acid groups (broad SMARTS) is 1. The number of rotatable bonds is 5. The fourth-order valence-corrected chi connectivity index (χ4v) is 2.38. The van der Waals surface area contributed by atoms with Crippen LogP contribution in [0, 0.1) is 5.92 Å². The molecule has 0 aliphatic carbocycles. The van der Waals surface area contributed by atoms with Gasteiger partial charge in [0.25, 0.3) is 0 Å². The smallest absolute Gasteiger partial charge is 0.320 e. The van der Waals surface area contributed by atoms with E-state index < -0.39 is 12.0 Å². The van der Waals surface area contributed by atoms with Crippen LogP contribution in [0.2, 0.25) is 5.02 Å². The van der Waals surface area contributed by atoms with Gasteiger partial charge in [0.15, 0.2) is 0 Å². The Morgan fingerprint density at radius 1 is 1.42 bits per heavy atom. The number of carbonyl (C=O) groups is 1. The molecular formula is C14H17ClN2O2. The molecule has 0 aliphatic rings. The first-order valence-electron chi connectivity index (χ1n) is 6.22. The molecule has 0 bridgehead atoms. The molecule has 1 aromatic heterocycles. The zero-order valence-corrected chi connectivity index (χ0v) is 11.7. The van der Waals surface area contributed by atoms with E-state index in [1.807, 2.05) is 38.1 Å². The number of carboxylic acids is 1. The van der Waals surface area contributed by atoms with Crippen molar-refractivity contribution >= 4 is 28.5 Å². The molecule has 1 atom stereocenters. The third-order valence-electron chi connectivity index (χ3n) is 3.15. The predicted octanol–water partition coefficient (Wildman–Crippen LogP) is 3.02. The Labute approximate surface area is 116 Å². The van der Waals surface area contributed by atoms with Crippen LogP contribution in [0.3, 0.4) is 0 Å². The van der Waals surface area contributed by atoms with Crippen LogP contribution < -0.4 is 5.32 Å². The lowest BCUT2D eigenvalue weighted by molar-refractivity contribution is -0.140. The maximum absolute atomic E-state index is 11.1. The maximum Gasteiger partial charge on any atom is 0.320 e. The molecule has 2 rings (SSSR count). The number of nitrogens with one attached hydrogen (secondary N) is 2. The summed E-state index contributed by atoms with van der Waals surface area (Å²) in [5.74, 6) is -0.831. The van der Waals surface area contributed by atoms with Gasteiger partial charge in [0, 0.05) is 23.1 Å². The van der Waals surface area contributed by atoms with Crippen LogP contribution >= 0.6 is 11.6 Å². The van der Waals surface area contributed by atoms with Gasteiger partial charge in [-0.15, -0.1) is 0 Å². The van der Waals surface area contributed by atoms with E-state index in [1.54, 1.807) is 0 Å². The number of para-hydroxylation sites is 1. The van der Waals surface area contributed by atoms with Gasteiger partial charge in [0.05, 0.1) is 5.02 Å². The lowest BCUT2D eigenvalue weighted by atomic mass is 10.0. The van der Waals surface area contributed by atoms with Crippen molar-refractivity contribution in [3.8, 4) is 0 Å².